The van der Waals surface area contributed by atoms with Gasteiger partial charge in [-0.05, 0) is 43.4 Å². The highest BCUT2D eigenvalue weighted by Gasteiger charge is 2.45. The fourth-order valence-corrected chi connectivity index (χ4v) is 3.98. The summed E-state index contributed by atoms with van der Waals surface area (Å²) < 4.78 is 37.8. The molecule has 2 N–H and O–H groups in total. The molecule has 0 aromatic heterocycles. The van der Waals surface area contributed by atoms with Crippen molar-refractivity contribution in [3.05, 3.63) is 34.9 Å². The number of carboxylic acid groups (broad SMARTS) is 1. The Bertz CT molecular complexity index is 755. The zero-order chi connectivity index (χ0) is 21.9. The summed E-state index contributed by atoms with van der Waals surface area (Å²) in [6.07, 6.45) is -0.473. The van der Waals surface area contributed by atoms with Gasteiger partial charge in [-0.2, -0.15) is 13.2 Å². The molecule has 1 amide bonds. The topological polar surface area (TPSA) is 78.9 Å². The summed E-state index contributed by atoms with van der Waals surface area (Å²) in [7, 11) is 0. The molecule has 10 heteroatoms. The molecule has 1 aromatic rings. The number of alkyl halides is 3. The maximum Gasteiger partial charge on any atom is 0.490 e. The normalized spacial score (nSPS) is 26.3. The van der Waals surface area contributed by atoms with Crippen molar-refractivity contribution in [2.24, 2.45) is 5.92 Å². The third kappa shape index (κ3) is 6.09. The van der Waals surface area contributed by atoms with Gasteiger partial charge in [-0.3, -0.25) is 9.69 Å². The predicted octanol–water partition coefficient (Wildman–Crippen LogP) is 3.23. The number of ether oxygens (including phenoxy) is 1. The van der Waals surface area contributed by atoms with E-state index in [4.69, 9.17) is 26.2 Å². The standard InChI is InChI=1S/C18H23ClN2O2.C2HF3O2/c19-13-6-4-12(5-7-13)9-21-10-15-8-16(17(11-21)23-15)18(22)20-14-2-1-3-14;3-2(4,5)1(6)7/h4-7,14-17H,1-3,8-11H2,(H,20,22);(H,6,7)/t15-,16+,17-;/m1./s1. The number of fused-ring (bicyclic) bond motifs is 2. The zero-order valence-corrected chi connectivity index (χ0v) is 17.0. The quantitative estimate of drug-likeness (QED) is 0.739. The third-order valence-electron chi connectivity index (χ3n) is 5.58. The SMILES string of the molecule is O=C(NC1CCC1)[C@H]1C[C@@H]2CN(Cc3ccc(Cl)cc3)C[C@H]1O2.O=C(O)C(F)(F)F. The van der Waals surface area contributed by atoms with Crippen LogP contribution in [0.15, 0.2) is 24.3 Å². The van der Waals surface area contributed by atoms with Gasteiger partial charge in [0, 0.05) is 30.7 Å². The van der Waals surface area contributed by atoms with Crippen molar-refractivity contribution in [3.8, 4) is 0 Å². The van der Waals surface area contributed by atoms with E-state index < -0.39 is 12.1 Å². The summed E-state index contributed by atoms with van der Waals surface area (Å²) >= 11 is 5.94. The van der Waals surface area contributed by atoms with Crippen LogP contribution >= 0.6 is 11.6 Å². The van der Waals surface area contributed by atoms with Gasteiger partial charge in [0.05, 0.1) is 18.1 Å². The number of aliphatic carboxylic acids is 1. The second kappa shape index (κ2) is 9.53. The molecular weight excluding hydrogens is 425 g/mol. The molecule has 6 nitrogen and oxygen atoms in total. The maximum atomic E-state index is 12.5. The second-order valence-electron chi connectivity index (χ2n) is 7.90. The van der Waals surface area contributed by atoms with E-state index in [9.17, 15) is 18.0 Å². The van der Waals surface area contributed by atoms with Crippen molar-refractivity contribution < 1.29 is 32.6 Å². The highest BCUT2D eigenvalue weighted by Crippen LogP contribution is 2.33. The first-order valence-electron chi connectivity index (χ1n) is 9.84. The van der Waals surface area contributed by atoms with Crippen LogP contribution in [0.25, 0.3) is 0 Å². The number of nitrogens with zero attached hydrogens (tertiary/aromatic N) is 1. The van der Waals surface area contributed by atoms with E-state index in [-0.39, 0.29) is 24.0 Å². The van der Waals surface area contributed by atoms with E-state index in [1.165, 1.54) is 12.0 Å². The second-order valence-corrected chi connectivity index (χ2v) is 8.34. The fourth-order valence-electron chi connectivity index (χ4n) is 3.85. The summed E-state index contributed by atoms with van der Waals surface area (Å²) in [5, 5.41) is 11.1. The Kier molecular flexibility index (Phi) is 7.26. The summed E-state index contributed by atoms with van der Waals surface area (Å²) in [5.41, 5.74) is 1.26. The number of carbonyl (C=O) groups excluding carboxylic acids is 1. The Balaban J connectivity index is 0.000000318. The van der Waals surface area contributed by atoms with Crippen LogP contribution in [0.2, 0.25) is 5.02 Å². The molecule has 3 fully saturated rings. The van der Waals surface area contributed by atoms with Gasteiger partial charge >= 0.3 is 12.1 Å². The molecule has 3 atom stereocenters. The number of carboxylic acids is 1. The van der Waals surface area contributed by atoms with E-state index in [1.807, 2.05) is 12.1 Å². The summed E-state index contributed by atoms with van der Waals surface area (Å²) in [6, 6.07) is 8.41. The van der Waals surface area contributed by atoms with Gasteiger partial charge in [0.1, 0.15) is 0 Å². The number of morpholine rings is 1. The average molecular weight is 449 g/mol. The van der Waals surface area contributed by atoms with Crippen LogP contribution < -0.4 is 5.32 Å². The number of hydrogen-bond acceptors (Lipinski definition) is 4. The van der Waals surface area contributed by atoms with Crippen molar-refractivity contribution in [1.82, 2.24) is 10.2 Å². The smallest absolute Gasteiger partial charge is 0.475 e. The van der Waals surface area contributed by atoms with E-state index in [0.29, 0.717) is 6.04 Å². The Hall–Kier alpha value is -1.84. The molecule has 0 radical (unpaired) electrons. The molecule has 2 saturated heterocycles. The van der Waals surface area contributed by atoms with Crippen molar-refractivity contribution in [1.29, 1.82) is 0 Å². The van der Waals surface area contributed by atoms with Crippen LogP contribution in [0.1, 0.15) is 31.2 Å². The minimum Gasteiger partial charge on any atom is -0.475 e. The molecule has 4 rings (SSSR count). The lowest BCUT2D eigenvalue weighted by molar-refractivity contribution is -0.192. The van der Waals surface area contributed by atoms with E-state index >= 15 is 0 Å². The number of benzene rings is 1. The third-order valence-corrected chi connectivity index (χ3v) is 5.84. The van der Waals surface area contributed by atoms with Gasteiger partial charge < -0.3 is 15.2 Å². The molecule has 1 saturated carbocycles. The van der Waals surface area contributed by atoms with Crippen LogP contribution in [0.3, 0.4) is 0 Å². The molecule has 166 valence electrons. The van der Waals surface area contributed by atoms with Crippen LogP contribution in [-0.4, -0.2) is 59.4 Å². The molecule has 2 aliphatic heterocycles. The number of likely N-dealkylation sites (tertiary alicyclic amines) is 1. The molecular formula is C20H24ClF3N2O4. The van der Waals surface area contributed by atoms with Crippen molar-refractivity contribution in [2.45, 2.75) is 56.7 Å². The lowest BCUT2D eigenvalue weighted by Gasteiger charge is -2.33. The molecule has 2 heterocycles. The minimum absolute atomic E-state index is 0.0239. The first kappa shape index (κ1) is 22.8. The van der Waals surface area contributed by atoms with E-state index in [1.54, 1.807) is 0 Å². The highest BCUT2D eigenvalue weighted by atomic mass is 35.5. The van der Waals surface area contributed by atoms with Gasteiger partial charge in [-0.25, -0.2) is 4.79 Å². The molecule has 1 aromatic carbocycles. The monoisotopic (exact) mass is 448 g/mol. The maximum absolute atomic E-state index is 12.5. The van der Waals surface area contributed by atoms with E-state index in [0.717, 1.165) is 43.9 Å². The van der Waals surface area contributed by atoms with Crippen LogP contribution in [0.5, 0.6) is 0 Å². The number of halogens is 4. The van der Waals surface area contributed by atoms with Crippen LogP contribution in [0.4, 0.5) is 13.2 Å². The number of nitrogens with one attached hydrogen (secondary N) is 1. The molecule has 30 heavy (non-hydrogen) atoms. The number of amides is 1. The van der Waals surface area contributed by atoms with Gasteiger partial charge in [-0.1, -0.05) is 23.7 Å². The van der Waals surface area contributed by atoms with Gasteiger partial charge in [0.2, 0.25) is 5.91 Å². The first-order chi connectivity index (χ1) is 14.1. The Labute approximate surface area is 177 Å². The lowest BCUT2D eigenvalue weighted by atomic mass is 9.91. The van der Waals surface area contributed by atoms with Gasteiger partial charge in [0.15, 0.2) is 0 Å². The van der Waals surface area contributed by atoms with Crippen molar-refractivity contribution >= 4 is 23.5 Å². The molecule has 0 spiro atoms. The van der Waals surface area contributed by atoms with E-state index in [2.05, 4.69) is 22.3 Å². The Morgan fingerprint density at radius 3 is 2.37 bits per heavy atom. The molecule has 2 bridgehead atoms. The van der Waals surface area contributed by atoms with Crippen molar-refractivity contribution in [3.63, 3.8) is 0 Å². The van der Waals surface area contributed by atoms with Crippen LogP contribution in [-0.2, 0) is 20.9 Å². The van der Waals surface area contributed by atoms with Crippen molar-refractivity contribution in [2.75, 3.05) is 13.1 Å². The average Bonchev–Trinajstić information content (AvgIpc) is 2.94. The fraction of sp³-hybridized carbons (Fsp3) is 0.600. The summed E-state index contributed by atoms with van der Waals surface area (Å²) in [6.45, 7) is 2.64. The largest absolute Gasteiger partial charge is 0.490 e. The van der Waals surface area contributed by atoms with Gasteiger partial charge in [-0.15, -0.1) is 0 Å². The number of rotatable bonds is 4. The predicted molar refractivity (Wildman–Crippen MR) is 103 cm³/mol. The minimum atomic E-state index is -5.08. The summed E-state index contributed by atoms with van der Waals surface area (Å²) in [4.78, 5) is 23.8. The molecule has 0 unspecified atom stereocenters. The lowest BCUT2D eigenvalue weighted by Crippen LogP contribution is -2.47. The first-order valence-corrected chi connectivity index (χ1v) is 10.2. The number of carbonyl (C=O) groups is 2. The highest BCUT2D eigenvalue weighted by molar-refractivity contribution is 6.30. The molecule has 3 aliphatic rings. The zero-order valence-electron chi connectivity index (χ0n) is 16.2. The Morgan fingerprint density at radius 1 is 1.20 bits per heavy atom. The van der Waals surface area contributed by atoms with Gasteiger partial charge in [0.25, 0.3) is 0 Å². The van der Waals surface area contributed by atoms with Crippen LogP contribution in [0, 0.1) is 5.92 Å². The summed E-state index contributed by atoms with van der Waals surface area (Å²) in [5.74, 6) is -2.53. The molecule has 1 aliphatic carbocycles. The Morgan fingerprint density at radius 2 is 1.83 bits per heavy atom. The number of hydrogen-bond donors (Lipinski definition) is 2.